The van der Waals surface area contributed by atoms with E-state index in [1.807, 2.05) is 18.2 Å². The second-order valence-corrected chi connectivity index (χ2v) is 7.00. The van der Waals surface area contributed by atoms with Crippen LogP contribution in [0.1, 0.15) is 19.3 Å². The summed E-state index contributed by atoms with van der Waals surface area (Å²) in [6.07, 6.45) is 3.15. The van der Waals surface area contributed by atoms with Gasteiger partial charge in [-0.15, -0.1) is 0 Å². The van der Waals surface area contributed by atoms with E-state index in [2.05, 4.69) is 26.5 Å². The number of ether oxygens (including phenoxy) is 1. The van der Waals surface area contributed by atoms with E-state index in [0.717, 1.165) is 37.6 Å². The Morgan fingerprint density at radius 2 is 1.92 bits per heavy atom. The third kappa shape index (κ3) is 5.86. The molecule has 1 aromatic rings. The Morgan fingerprint density at radius 1 is 1.15 bits per heavy atom. The lowest BCUT2D eigenvalue weighted by Gasteiger charge is -2.29. The molecule has 2 fully saturated rings. The number of morpholine rings is 1. The number of hydrogen-bond acceptors (Lipinski definition) is 5. The Balaban J connectivity index is 1.42. The predicted octanol–water partition coefficient (Wildman–Crippen LogP) is 1.49. The molecular formula is C19H30N4O3. The van der Waals surface area contributed by atoms with Crippen LogP contribution < -0.4 is 15.5 Å². The number of anilines is 2. The first-order valence-corrected chi connectivity index (χ1v) is 9.59. The van der Waals surface area contributed by atoms with Crippen LogP contribution in [0.2, 0.25) is 0 Å². The summed E-state index contributed by atoms with van der Waals surface area (Å²) in [4.78, 5) is 16.6. The summed E-state index contributed by atoms with van der Waals surface area (Å²) in [5.74, 6) is 0. The number of carbonyl (C=O) groups is 1. The molecule has 2 aliphatic rings. The molecule has 26 heavy (non-hydrogen) atoms. The lowest BCUT2D eigenvalue weighted by atomic mass is 10.1. The zero-order chi connectivity index (χ0) is 18.2. The van der Waals surface area contributed by atoms with E-state index >= 15 is 0 Å². The third-order valence-electron chi connectivity index (χ3n) is 4.90. The lowest BCUT2D eigenvalue weighted by molar-refractivity contribution is 0.0154. The Hall–Kier alpha value is -1.83. The van der Waals surface area contributed by atoms with Gasteiger partial charge in [0.15, 0.2) is 0 Å². The molecular weight excluding hydrogens is 332 g/mol. The molecule has 1 atom stereocenters. The number of urea groups is 1. The van der Waals surface area contributed by atoms with Gasteiger partial charge in [0.1, 0.15) is 0 Å². The van der Waals surface area contributed by atoms with Crippen molar-refractivity contribution in [3.8, 4) is 0 Å². The van der Waals surface area contributed by atoms with Crippen molar-refractivity contribution in [2.24, 2.45) is 0 Å². The Labute approximate surface area is 155 Å². The van der Waals surface area contributed by atoms with Crippen molar-refractivity contribution in [2.45, 2.75) is 25.4 Å². The van der Waals surface area contributed by atoms with Crippen LogP contribution in [0.15, 0.2) is 24.3 Å². The zero-order valence-corrected chi connectivity index (χ0v) is 15.3. The molecule has 144 valence electrons. The van der Waals surface area contributed by atoms with Gasteiger partial charge < -0.3 is 25.4 Å². The first kappa shape index (κ1) is 18.9. The van der Waals surface area contributed by atoms with Crippen molar-refractivity contribution < 1.29 is 14.6 Å². The van der Waals surface area contributed by atoms with E-state index in [4.69, 9.17) is 4.74 Å². The molecule has 0 aliphatic carbocycles. The SMILES string of the molecule is O=C(NCC(O)CN1CCOCC1)Nc1cccc(N2CCCCC2)c1. The van der Waals surface area contributed by atoms with Crippen LogP contribution in [0.3, 0.4) is 0 Å². The fraction of sp³-hybridized carbons (Fsp3) is 0.632. The standard InChI is InChI=1S/C19H30N4O3/c24-18(15-22-9-11-26-12-10-22)14-20-19(25)21-16-5-4-6-17(13-16)23-7-2-1-3-8-23/h4-6,13,18,24H,1-3,7-12,14-15H2,(H2,20,21,25). The van der Waals surface area contributed by atoms with Gasteiger partial charge in [0.05, 0.1) is 19.3 Å². The highest BCUT2D eigenvalue weighted by Gasteiger charge is 2.16. The van der Waals surface area contributed by atoms with Crippen molar-refractivity contribution in [3.63, 3.8) is 0 Å². The molecule has 3 rings (SSSR count). The quantitative estimate of drug-likeness (QED) is 0.715. The Kier molecular flexibility index (Phi) is 7.11. The summed E-state index contributed by atoms with van der Waals surface area (Å²) in [5, 5.41) is 15.7. The summed E-state index contributed by atoms with van der Waals surface area (Å²) >= 11 is 0. The topological polar surface area (TPSA) is 77.1 Å². The summed E-state index contributed by atoms with van der Waals surface area (Å²) in [6, 6.07) is 7.65. The molecule has 2 aliphatic heterocycles. The minimum Gasteiger partial charge on any atom is -0.390 e. The van der Waals surface area contributed by atoms with E-state index in [1.54, 1.807) is 0 Å². The van der Waals surface area contributed by atoms with Crippen molar-refractivity contribution in [2.75, 3.05) is 62.7 Å². The molecule has 7 heteroatoms. The number of hydrogen-bond donors (Lipinski definition) is 3. The monoisotopic (exact) mass is 362 g/mol. The molecule has 1 aromatic carbocycles. The largest absolute Gasteiger partial charge is 0.390 e. The minimum absolute atomic E-state index is 0.231. The fourth-order valence-corrected chi connectivity index (χ4v) is 3.46. The number of benzene rings is 1. The highest BCUT2D eigenvalue weighted by molar-refractivity contribution is 5.89. The van der Waals surface area contributed by atoms with Gasteiger partial charge in [0.25, 0.3) is 0 Å². The zero-order valence-electron chi connectivity index (χ0n) is 15.3. The maximum atomic E-state index is 12.1. The normalized spacial score (nSPS) is 19.8. The van der Waals surface area contributed by atoms with E-state index in [1.165, 1.54) is 19.3 Å². The number of aliphatic hydroxyl groups is 1. The molecule has 2 heterocycles. The highest BCUT2D eigenvalue weighted by atomic mass is 16.5. The maximum absolute atomic E-state index is 12.1. The number of nitrogens with one attached hydrogen (secondary N) is 2. The van der Waals surface area contributed by atoms with Crippen LogP contribution in [0.25, 0.3) is 0 Å². The first-order valence-electron chi connectivity index (χ1n) is 9.59. The van der Waals surface area contributed by atoms with Crippen LogP contribution in [0, 0.1) is 0 Å². The van der Waals surface area contributed by atoms with Crippen LogP contribution in [0.4, 0.5) is 16.2 Å². The molecule has 0 radical (unpaired) electrons. The maximum Gasteiger partial charge on any atom is 0.319 e. The average molecular weight is 362 g/mol. The van der Waals surface area contributed by atoms with Crippen LogP contribution in [0.5, 0.6) is 0 Å². The number of piperidine rings is 1. The van der Waals surface area contributed by atoms with Crippen molar-refractivity contribution in [1.29, 1.82) is 0 Å². The third-order valence-corrected chi connectivity index (χ3v) is 4.90. The summed E-state index contributed by atoms with van der Waals surface area (Å²) in [5.41, 5.74) is 1.92. The molecule has 2 saturated heterocycles. The Bertz CT molecular complexity index is 572. The first-order chi connectivity index (χ1) is 12.7. The average Bonchev–Trinajstić information content (AvgIpc) is 2.68. The van der Waals surface area contributed by atoms with Crippen molar-refractivity contribution in [3.05, 3.63) is 24.3 Å². The van der Waals surface area contributed by atoms with E-state index in [0.29, 0.717) is 19.8 Å². The van der Waals surface area contributed by atoms with Gasteiger partial charge in [-0.2, -0.15) is 0 Å². The van der Waals surface area contributed by atoms with Gasteiger partial charge >= 0.3 is 6.03 Å². The minimum atomic E-state index is -0.585. The summed E-state index contributed by atoms with van der Waals surface area (Å²) in [7, 11) is 0. The lowest BCUT2D eigenvalue weighted by Crippen LogP contribution is -2.45. The summed E-state index contributed by atoms with van der Waals surface area (Å²) < 4.78 is 5.29. The number of nitrogens with zero attached hydrogens (tertiary/aromatic N) is 2. The molecule has 3 N–H and O–H groups in total. The number of amides is 2. The van der Waals surface area contributed by atoms with E-state index in [-0.39, 0.29) is 12.6 Å². The van der Waals surface area contributed by atoms with E-state index in [9.17, 15) is 9.90 Å². The predicted molar refractivity (Wildman–Crippen MR) is 103 cm³/mol. The smallest absolute Gasteiger partial charge is 0.319 e. The van der Waals surface area contributed by atoms with Gasteiger partial charge in [0, 0.05) is 50.6 Å². The second-order valence-electron chi connectivity index (χ2n) is 7.00. The van der Waals surface area contributed by atoms with Crippen LogP contribution >= 0.6 is 0 Å². The van der Waals surface area contributed by atoms with Gasteiger partial charge in [-0.25, -0.2) is 4.79 Å². The summed E-state index contributed by atoms with van der Waals surface area (Å²) in [6.45, 7) is 5.98. The van der Waals surface area contributed by atoms with Gasteiger partial charge in [-0.1, -0.05) is 6.07 Å². The molecule has 0 saturated carbocycles. The van der Waals surface area contributed by atoms with Crippen molar-refractivity contribution in [1.82, 2.24) is 10.2 Å². The number of rotatable bonds is 6. The van der Waals surface area contributed by atoms with Gasteiger partial charge in [-0.3, -0.25) is 4.90 Å². The molecule has 0 spiro atoms. The van der Waals surface area contributed by atoms with E-state index < -0.39 is 6.10 Å². The van der Waals surface area contributed by atoms with Crippen LogP contribution in [-0.4, -0.2) is 74.6 Å². The number of carbonyl (C=O) groups excluding carboxylic acids is 1. The molecule has 7 nitrogen and oxygen atoms in total. The van der Waals surface area contributed by atoms with Crippen molar-refractivity contribution >= 4 is 17.4 Å². The molecule has 1 unspecified atom stereocenters. The number of aliphatic hydroxyl groups excluding tert-OH is 1. The fourth-order valence-electron chi connectivity index (χ4n) is 3.46. The molecule has 0 bridgehead atoms. The highest BCUT2D eigenvalue weighted by Crippen LogP contribution is 2.22. The van der Waals surface area contributed by atoms with Gasteiger partial charge in [0.2, 0.25) is 0 Å². The second kappa shape index (κ2) is 9.75. The Morgan fingerprint density at radius 3 is 2.69 bits per heavy atom. The van der Waals surface area contributed by atoms with Crippen LogP contribution in [-0.2, 0) is 4.74 Å². The number of β-amino-alcohol motifs (C(OH)–C–C–N with tert-alkyl or cyclic N) is 1. The van der Waals surface area contributed by atoms with Gasteiger partial charge in [-0.05, 0) is 37.5 Å². The molecule has 0 aromatic heterocycles. The molecule has 2 amide bonds.